The van der Waals surface area contributed by atoms with Crippen LogP contribution in [-0.4, -0.2) is 67.5 Å². The smallest absolute Gasteiger partial charge is 0.492 e. The summed E-state index contributed by atoms with van der Waals surface area (Å²) in [5.74, 6) is -0.128. The molecule has 0 aliphatic heterocycles. The van der Waals surface area contributed by atoms with Crippen LogP contribution in [-0.2, 0) is 9.47 Å². The van der Waals surface area contributed by atoms with Crippen LogP contribution in [0.2, 0.25) is 5.02 Å². The van der Waals surface area contributed by atoms with Crippen molar-refractivity contribution in [2.75, 3.05) is 28.4 Å². The Kier molecular flexibility index (Phi) is 13.8. The Bertz CT molecular complexity index is 1690. The van der Waals surface area contributed by atoms with Gasteiger partial charge in [-0.2, -0.15) is 10.5 Å². The number of benzene rings is 2. The minimum Gasteiger partial charge on any atom is -0.497 e. The van der Waals surface area contributed by atoms with Gasteiger partial charge in [0.15, 0.2) is 0 Å². The third-order valence-electron chi connectivity index (χ3n) is 5.66. The predicted octanol–water partition coefficient (Wildman–Crippen LogP) is 3.18. The molecule has 2 aromatic heterocycles. The Hall–Kier alpha value is -5.47. The quantitative estimate of drug-likeness (QED) is 0.238. The number of ether oxygens (including phenoxy) is 4. The summed E-state index contributed by atoms with van der Waals surface area (Å²) in [4.78, 5) is 30.3. The van der Waals surface area contributed by atoms with Crippen molar-refractivity contribution < 1.29 is 38.6 Å². The highest BCUT2D eigenvalue weighted by atomic mass is 35.5. The van der Waals surface area contributed by atoms with E-state index in [2.05, 4.69) is 14.7 Å². The van der Waals surface area contributed by atoms with Crippen LogP contribution in [0.25, 0.3) is 11.1 Å². The molecular formula is C30H26BClN4O8. The number of pyridine rings is 2. The lowest BCUT2D eigenvalue weighted by atomic mass is 9.79. The number of nitrogens with zero attached hydrogens (tertiary/aromatic N) is 4. The molecule has 4 rings (SSSR count). The fraction of sp³-hybridized carbons (Fsp3) is 0.133. The zero-order valence-corrected chi connectivity index (χ0v) is 24.8. The predicted molar refractivity (Wildman–Crippen MR) is 160 cm³/mol. The first-order chi connectivity index (χ1) is 21.1. The SMILES string of the molecule is COC(=O)c1cnccc1-c1ccc(C#N)cc1OC.COC(=O)c1cnccc1Cl.COc1cc(C#N)ccc1B(O)O. The van der Waals surface area contributed by atoms with E-state index in [-0.39, 0.29) is 11.0 Å². The Morgan fingerprint density at radius 3 is 1.80 bits per heavy atom. The van der Waals surface area contributed by atoms with E-state index in [9.17, 15) is 9.59 Å². The molecule has 44 heavy (non-hydrogen) atoms. The highest BCUT2D eigenvalue weighted by Gasteiger charge is 2.18. The molecular weight excluding hydrogens is 591 g/mol. The van der Waals surface area contributed by atoms with Crippen molar-refractivity contribution in [2.45, 2.75) is 0 Å². The molecule has 0 saturated carbocycles. The van der Waals surface area contributed by atoms with E-state index in [1.165, 1.54) is 71.3 Å². The topological polar surface area (TPSA) is 185 Å². The maximum absolute atomic E-state index is 11.8. The Morgan fingerprint density at radius 1 is 0.750 bits per heavy atom. The Balaban J connectivity index is 0.000000244. The summed E-state index contributed by atoms with van der Waals surface area (Å²) in [6, 6.07) is 16.6. The van der Waals surface area contributed by atoms with Crippen LogP contribution in [0.3, 0.4) is 0 Å². The molecule has 0 atom stereocenters. The van der Waals surface area contributed by atoms with Crippen LogP contribution in [0.1, 0.15) is 31.8 Å². The summed E-state index contributed by atoms with van der Waals surface area (Å²) in [6.45, 7) is 0. The highest BCUT2D eigenvalue weighted by Crippen LogP contribution is 2.33. The van der Waals surface area contributed by atoms with Crippen LogP contribution in [0.5, 0.6) is 11.5 Å². The Morgan fingerprint density at radius 2 is 1.27 bits per heavy atom. The minimum atomic E-state index is -1.58. The molecule has 0 aliphatic rings. The van der Waals surface area contributed by atoms with Crippen molar-refractivity contribution in [3.63, 3.8) is 0 Å². The van der Waals surface area contributed by atoms with E-state index in [4.69, 9.17) is 46.4 Å². The van der Waals surface area contributed by atoms with Gasteiger partial charge in [-0.05, 0) is 42.5 Å². The summed E-state index contributed by atoms with van der Waals surface area (Å²) in [6.07, 6.45) is 5.90. The molecule has 12 nitrogen and oxygen atoms in total. The number of hydrogen-bond acceptors (Lipinski definition) is 12. The molecule has 0 bridgehead atoms. The summed E-state index contributed by atoms with van der Waals surface area (Å²) in [7, 11) is 3.95. The van der Waals surface area contributed by atoms with Gasteiger partial charge in [-0.15, -0.1) is 0 Å². The summed E-state index contributed by atoms with van der Waals surface area (Å²) < 4.78 is 19.4. The molecule has 2 N–H and O–H groups in total. The van der Waals surface area contributed by atoms with Gasteiger partial charge in [0.1, 0.15) is 11.5 Å². The third-order valence-corrected chi connectivity index (χ3v) is 5.99. The van der Waals surface area contributed by atoms with Gasteiger partial charge in [0.25, 0.3) is 0 Å². The van der Waals surface area contributed by atoms with Gasteiger partial charge in [0.2, 0.25) is 0 Å². The highest BCUT2D eigenvalue weighted by molar-refractivity contribution is 6.59. The van der Waals surface area contributed by atoms with Crippen molar-refractivity contribution in [3.8, 4) is 34.8 Å². The number of esters is 2. The van der Waals surface area contributed by atoms with E-state index in [0.29, 0.717) is 44.3 Å². The second-order valence-electron chi connectivity index (χ2n) is 8.23. The number of halogens is 1. The van der Waals surface area contributed by atoms with Crippen LogP contribution in [0, 0.1) is 22.7 Å². The molecule has 2 heterocycles. The molecule has 4 aromatic rings. The fourth-order valence-corrected chi connectivity index (χ4v) is 3.70. The average Bonchev–Trinajstić information content (AvgIpc) is 3.07. The molecule has 224 valence electrons. The first kappa shape index (κ1) is 34.7. The van der Waals surface area contributed by atoms with Gasteiger partial charge >= 0.3 is 19.1 Å². The molecule has 0 spiro atoms. The lowest BCUT2D eigenvalue weighted by Gasteiger charge is -2.11. The monoisotopic (exact) mass is 616 g/mol. The van der Waals surface area contributed by atoms with Crippen LogP contribution in [0.4, 0.5) is 0 Å². The molecule has 0 amide bonds. The second-order valence-corrected chi connectivity index (χ2v) is 8.64. The van der Waals surface area contributed by atoms with Gasteiger partial charge in [0, 0.05) is 41.4 Å². The van der Waals surface area contributed by atoms with Gasteiger partial charge in [-0.25, -0.2) is 9.59 Å². The lowest BCUT2D eigenvalue weighted by Crippen LogP contribution is -2.31. The summed E-state index contributed by atoms with van der Waals surface area (Å²) in [5, 5.41) is 35.6. The number of rotatable bonds is 6. The lowest BCUT2D eigenvalue weighted by molar-refractivity contribution is 0.0592. The largest absolute Gasteiger partial charge is 0.497 e. The van der Waals surface area contributed by atoms with Crippen molar-refractivity contribution in [1.29, 1.82) is 10.5 Å². The minimum absolute atomic E-state index is 0.251. The standard InChI is InChI=1S/C15H12N2O3.C8H8BNO3.C7H6ClNO2/c1-19-14-7-10(8-16)3-4-12(14)11-5-6-17-9-13(11)15(18)20-2;1-13-8-4-6(5-10)2-3-7(8)9(11)12;1-11-7(10)5-4-9-3-2-6(5)8/h3-7,9H,1-2H3;2-4,11-12H,1H3;2-4H,1H3. The second kappa shape index (κ2) is 17.5. The van der Waals surface area contributed by atoms with E-state index in [1.807, 2.05) is 12.1 Å². The van der Waals surface area contributed by atoms with Crippen molar-refractivity contribution in [1.82, 2.24) is 9.97 Å². The van der Waals surface area contributed by atoms with Gasteiger partial charge in [-0.1, -0.05) is 17.7 Å². The van der Waals surface area contributed by atoms with Crippen molar-refractivity contribution in [2.24, 2.45) is 0 Å². The molecule has 0 unspecified atom stereocenters. The maximum Gasteiger partial charge on any atom is 0.492 e. The zero-order chi connectivity index (χ0) is 32.6. The summed E-state index contributed by atoms with van der Waals surface area (Å²) in [5.41, 5.74) is 3.14. The first-order valence-corrected chi connectivity index (χ1v) is 12.8. The number of aromatic nitrogens is 2. The van der Waals surface area contributed by atoms with E-state index in [0.717, 1.165) is 0 Å². The molecule has 14 heteroatoms. The van der Waals surface area contributed by atoms with Crippen LogP contribution in [0.15, 0.2) is 73.3 Å². The van der Waals surface area contributed by atoms with Gasteiger partial charge in [0.05, 0.1) is 67.9 Å². The van der Waals surface area contributed by atoms with Crippen molar-refractivity contribution in [3.05, 3.63) is 101 Å². The maximum atomic E-state index is 11.8. The van der Waals surface area contributed by atoms with Gasteiger partial charge in [-0.3, -0.25) is 9.97 Å². The third kappa shape index (κ3) is 9.27. The summed E-state index contributed by atoms with van der Waals surface area (Å²) >= 11 is 5.66. The zero-order valence-electron chi connectivity index (χ0n) is 24.0. The van der Waals surface area contributed by atoms with Crippen molar-refractivity contribution >= 4 is 36.1 Å². The molecule has 2 aromatic carbocycles. The van der Waals surface area contributed by atoms with E-state index in [1.54, 1.807) is 30.5 Å². The fourth-order valence-electron chi connectivity index (χ4n) is 3.52. The number of hydrogen-bond donors (Lipinski definition) is 2. The number of carbonyl (C=O) groups is 2. The number of carbonyl (C=O) groups excluding carboxylic acids is 2. The van der Waals surface area contributed by atoms with Crippen LogP contribution < -0.4 is 14.9 Å². The molecule has 0 saturated heterocycles. The number of methoxy groups -OCH3 is 4. The van der Waals surface area contributed by atoms with E-state index < -0.39 is 19.1 Å². The van der Waals surface area contributed by atoms with Gasteiger partial charge < -0.3 is 29.0 Å². The number of nitriles is 2. The molecule has 0 aliphatic carbocycles. The van der Waals surface area contributed by atoms with E-state index >= 15 is 0 Å². The molecule has 0 fully saturated rings. The molecule has 0 radical (unpaired) electrons. The van der Waals surface area contributed by atoms with Crippen LogP contribution >= 0.6 is 11.6 Å². The average molecular weight is 617 g/mol. The first-order valence-electron chi connectivity index (χ1n) is 12.4. The normalized spacial score (nSPS) is 9.39. The Labute approximate surface area is 258 Å².